The quantitative estimate of drug-likeness (QED) is 0.613. The molecule has 0 unspecified atom stereocenters. The van der Waals surface area contributed by atoms with E-state index in [1.807, 2.05) is 18.2 Å². The van der Waals surface area contributed by atoms with Crippen molar-refractivity contribution in [3.05, 3.63) is 29.8 Å². The van der Waals surface area contributed by atoms with E-state index < -0.39 is 23.8 Å². The molecule has 0 spiro atoms. The molecule has 2 aliphatic rings. The van der Waals surface area contributed by atoms with E-state index in [1.165, 1.54) is 14.2 Å². The second kappa shape index (κ2) is 6.28. The van der Waals surface area contributed by atoms with Crippen molar-refractivity contribution in [1.29, 1.82) is 0 Å². The lowest BCUT2D eigenvalue weighted by atomic mass is 9.78. The third kappa shape index (κ3) is 2.62. The third-order valence-corrected chi connectivity index (χ3v) is 4.12. The monoisotopic (exact) mass is 319 g/mol. The van der Waals surface area contributed by atoms with Gasteiger partial charge in [0.2, 0.25) is 0 Å². The summed E-state index contributed by atoms with van der Waals surface area (Å²) in [6, 6.07) is 7.26. The summed E-state index contributed by atoms with van der Waals surface area (Å²) < 4.78 is 15.4. The van der Waals surface area contributed by atoms with Crippen LogP contribution in [-0.4, -0.2) is 45.1 Å². The summed E-state index contributed by atoms with van der Waals surface area (Å²) in [5, 5.41) is 4.07. The van der Waals surface area contributed by atoms with Crippen molar-refractivity contribution in [3.8, 4) is 5.75 Å². The van der Waals surface area contributed by atoms with Crippen LogP contribution < -0.4 is 4.74 Å². The molecule has 23 heavy (non-hydrogen) atoms. The van der Waals surface area contributed by atoms with Crippen LogP contribution in [-0.2, 0) is 23.9 Å². The molecule has 0 amide bonds. The molecule has 1 aromatic rings. The van der Waals surface area contributed by atoms with Crippen molar-refractivity contribution in [2.75, 3.05) is 27.4 Å². The van der Waals surface area contributed by atoms with Gasteiger partial charge >= 0.3 is 11.9 Å². The highest BCUT2D eigenvalue weighted by Gasteiger charge is 2.47. The van der Waals surface area contributed by atoms with Gasteiger partial charge in [-0.15, -0.1) is 0 Å². The summed E-state index contributed by atoms with van der Waals surface area (Å²) in [6.45, 7) is 0.732. The van der Waals surface area contributed by atoms with Crippen molar-refractivity contribution < 1.29 is 28.6 Å². The normalized spacial score (nSPS) is 22.0. The van der Waals surface area contributed by atoms with Crippen molar-refractivity contribution in [2.24, 2.45) is 17.0 Å². The van der Waals surface area contributed by atoms with E-state index in [0.717, 1.165) is 0 Å². The Morgan fingerprint density at radius 1 is 1.17 bits per heavy atom. The molecule has 3 rings (SSSR count). The lowest BCUT2D eigenvalue weighted by Crippen LogP contribution is -2.37. The second-order valence-corrected chi connectivity index (χ2v) is 5.36. The highest BCUT2D eigenvalue weighted by atomic mass is 16.6. The number of hydrogen-bond acceptors (Lipinski definition) is 7. The smallest absolute Gasteiger partial charge is 0.321 e. The summed E-state index contributed by atoms with van der Waals surface area (Å²) >= 11 is 0. The van der Waals surface area contributed by atoms with Gasteiger partial charge in [0.1, 0.15) is 12.4 Å². The number of hydrogen-bond donors (Lipinski definition) is 0. The molecule has 2 aliphatic heterocycles. The van der Waals surface area contributed by atoms with Crippen LogP contribution in [0.3, 0.4) is 0 Å². The zero-order valence-electron chi connectivity index (χ0n) is 12.9. The fourth-order valence-electron chi connectivity index (χ4n) is 3.00. The van der Waals surface area contributed by atoms with Crippen molar-refractivity contribution in [2.45, 2.75) is 5.92 Å². The van der Waals surface area contributed by atoms with Gasteiger partial charge in [0.25, 0.3) is 0 Å². The number of nitrogens with zero attached hydrogens (tertiary/aromatic N) is 1. The van der Waals surface area contributed by atoms with Gasteiger partial charge in [-0.05, 0) is 6.07 Å². The standard InChI is InChI=1S/C16H17NO6/c1-20-15(18)13(16(19)21-2)12-10-5-3-4-6-11(10)22-7-9-8-23-17-14(9)12/h3-6,9,12-13H,7-8H2,1-2H3/t9-,12+/m1/s1. The maximum absolute atomic E-state index is 12.3. The predicted octanol–water partition coefficient (Wildman–Crippen LogP) is 1.13. The van der Waals surface area contributed by atoms with Gasteiger partial charge in [-0.25, -0.2) is 0 Å². The molecule has 7 nitrogen and oxygen atoms in total. The number of rotatable bonds is 3. The third-order valence-electron chi connectivity index (χ3n) is 4.12. The van der Waals surface area contributed by atoms with Crippen LogP contribution in [0.4, 0.5) is 0 Å². The summed E-state index contributed by atoms with van der Waals surface area (Å²) in [4.78, 5) is 29.7. The van der Waals surface area contributed by atoms with Crippen molar-refractivity contribution >= 4 is 17.7 Å². The zero-order chi connectivity index (χ0) is 16.4. The van der Waals surface area contributed by atoms with Gasteiger partial charge in [-0.2, -0.15) is 0 Å². The number of esters is 2. The molecule has 1 aromatic carbocycles. The molecule has 2 atom stereocenters. The topological polar surface area (TPSA) is 83.4 Å². The van der Waals surface area contributed by atoms with Crippen LogP contribution in [0, 0.1) is 11.8 Å². The molecular formula is C16H17NO6. The van der Waals surface area contributed by atoms with E-state index in [2.05, 4.69) is 5.16 Å². The maximum atomic E-state index is 12.3. The van der Waals surface area contributed by atoms with Gasteiger partial charge in [0, 0.05) is 5.56 Å². The molecule has 0 radical (unpaired) electrons. The Morgan fingerprint density at radius 2 is 1.87 bits per heavy atom. The maximum Gasteiger partial charge on any atom is 0.321 e. The summed E-state index contributed by atoms with van der Waals surface area (Å²) in [6.07, 6.45) is 0. The van der Waals surface area contributed by atoms with Crippen LogP contribution in [0.15, 0.2) is 29.4 Å². The van der Waals surface area contributed by atoms with Gasteiger partial charge in [-0.1, -0.05) is 23.4 Å². The largest absolute Gasteiger partial charge is 0.492 e. The molecule has 0 saturated carbocycles. The Hall–Kier alpha value is -2.57. The molecule has 0 fully saturated rings. The Kier molecular flexibility index (Phi) is 4.18. The van der Waals surface area contributed by atoms with E-state index >= 15 is 0 Å². The zero-order valence-corrected chi connectivity index (χ0v) is 12.9. The average Bonchev–Trinajstić information content (AvgIpc) is 2.99. The molecule has 0 N–H and O–H groups in total. The van der Waals surface area contributed by atoms with E-state index in [4.69, 9.17) is 19.0 Å². The number of ether oxygens (including phenoxy) is 3. The number of carbonyl (C=O) groups is 2. The summed E-state index contributed by atoms with van der Waals surface area (Å²) in [5.41, 5.74) is 1.30. The Morgan fingerprint density at radius 3 is 2.57 bits per heavy atom. The highest BCUT2D eigenvalue weighted by molar-refractivity contribution is 6.06. The van der Waals surface area contributed by atoms with Gasteiger partial charge in [0.05, 0.1) is 38.4 Å². The lowest BCUT2D eigenvalue weighted by Gasteiger charge is -2.23. The fraction of sp³-hybridized carbons (Fsp3) is 0.438. The lowest BCUT2D eigenvalue weighted by molar-refractivity contribution is -0.159. The summed E-state index contributed by atoms with van der Waals surface area (Å²) in [7, 11) is 2.48. The van der Waals surface area contributed by atoms with E-state index in [0.29, 0.717) is 30.2 Å². The van der Waals surface area contributed by atoms with E-state index in [1.54, 1.807) is 6.07 Å². The minimum Gasteiger partial charge on any atom is -0.492 e. The van der Waals surface area contributed by atoms with Crippen LogP contribution in [0.5, 0.6) is 5.75 Å². The van der Waals surface area contributed by atoms with Crippen molar-refractivity contribution in [3.63, 3.8) is 0 Å². The molecule has 0 aliphatic carbocycles. The Bertz CT molecular complexity index is 640. The Balaban J connectivity index is 2.14. The van der Waals surface area contributed by atoms with Gasteiger partial charge < -0.3 is 19.0 Å². The first kappa shape index (κ1) is 15.3. The predicted molar refractivity (Wildman–Crippen MR) is 79.1 cm³/mol. The fourth-order valence-corrected chi connectivity index (χ4v) is 3.00. The molecule has 0 saturated heterocycles. The molecule has 0 bridgehead atoms. The first-order valence-corrected chi connectivity index (χ1v) is 7.24. The van der Waals surface area contributed by atoms with E-state index in [-0.39, 0.29) is 5.92 Å². The van der Waals surface area contributed by atoms with Crippen LogP contribution in [0.1, 0.15) is 11.5 Å². The summed E-state index contributed by atoms with van der Waals surface area (Å²) in [5.74, 6) is -2.65. The second-order valence-electron chi connectivity index (χ2n) is 5.36. The minimum absolute atomic E-state index is 0.121. The van der Waals surface area contributed by atoms with Crippen LogP contribution in [0.25, 0.3) is 0 Å². The first-order valence-electron chi connectivity index (χ1n) is 7.24. The Labute approximate surface area is 133 Å². The molecule has 122 valence electrons. The number of para-hydroxylation sites is 1. The number of oxime groups is 1. The van der Waals surface area contributed by atoms with Gasteiger partial charge in [0.15, 0.2) is 5.92 Å². The highest BCUT2D eigenvalue weighted by Crippen LogP contribution is 2.40. The van der Waals surface area contributed by atoms with Crippen LogP contribution >= 0.6 is 0 Å². The molecule has 7 heteroatoms. The molecular weight excluding hydrogens is 302 g/mol. The van der Waals surface area contributed by atoms with E-state index in [9.17, 15) is 9.59 Å². The number of fused-ring (bicyclic) bond motifs is 2. The molecule has 2 heterocycles. The number of methoxy groups -OCH3 is 2. The average molecular weight is 319 g/mol. The molecule has 0 aromatic heterocycles. The first-order chi connectivity index (χ1) is 11.2. The SMILES string of the molecule is COC(=O)C(C(=O)OC)[C@H]1C2=NOC[C@H]2COc2ccccc21. The number of carbonyl (C=O) groups excluding carboxylic acids is 2. The van der Waals surface area contributed by atoms with Crippen LogP contribution in [0.2, 0.25) is 0 Å². The minimum atomic E-state index is -1.16. The number of benzene rings is 1. The van der Waals surface area contributed by atoms with Crippen molar-refractivity contribution in [1.82, 2.24) is 0 Å². The van der Waals surface area contributed by atoms with Gasteiger partial charge in [-0.3, -0.25) is 9.59 Å².